The quantitative estimate of drug-likeness (QED) is 0.278. The highest BCUT2D eigenvalue weighted by atomic mass is 32.2. The van der Waals surface area contributed by atoms with E-state index in [1.165, 1.54) is 0 Å². The second-order valence-electron chi connectivity index (χ2n) is 2.42. The molecule has 0 heterocycles. The Kier molecular flexibility index (Phi) is 6.64. The van der Waals surface area contributed by atoms with Crippen molar-refractivity contribution in [3.63, 3.8) is 0 Å². The Balaban J connectivity index is 3.44. The standard InChI is InChI=1S/C6H14OS4/c7-4-2-1-3-5(8)6(9,10)11/h5,7-11H,1-4H2. The number of aliphatic hydroxyl groups is 1. The van der Waals surface area contributed by atoms with Gasteiger partial charge < -0.3 is 5.11 Å². The van der Waals surface area contributed by atoms with Crippen molar-refractivity contribution in [2.45, 2.75) is 27.9 Å². The van der Waals surface area contributed by atoms with Crippen molar-refractivity contribution < 1.29 is 5.11 Å². The summed E-state index contributed by atoms with van der Waals surface area (Å²) in [7, 11) is 0. The van der Waals surface area contributed by atoms with Crippen molar-refractivity contribution in [3.05, 3.63) is 0 Å². The Morgan fingerprint density at radius 2 is 1.73 bits per heavy atom. The van der Waals surface area contributed by atoms with Crippen molar-refractivity contribution >= 4 is 50.5 Å². The molecule has 68 valence electrons. The molecule has 0 fully saturated rings. The maximum atomic E-state index is 8.50. The third kappa shape index (κ3) is 6.51. The number of hydrogen-bond acceptors (Lipinski definition) is 5. The van der Waals surface area contributed by atoms with Gasteiger partial charge in [0, 0.05) is 11.9 Å². The van der Waals surface area contributed by atoms with E-state index in [-0.39, 0.29) is 11.9 Å². The van der Waals surface area contributed by atoms with Gasteiger partial charge in [0.05, 0.1) is 0 Å². The zero-order valence-corrected chi connectivity index (χ0v) is 9.72. The number of rotatable bonds is 5. The summed E-state index contributed by atoms with van der Waals surface area (Å²) in [6, 6.07) is 0. The first-order valence-electron chi connectivity index (χ1n) is 3.44. The van der Waals surface area contributed by atoms with Crippen LogP contribution in [0, 0.1) is 0 Å². The average molecular weight is 230 g/mol. The van der Waals surface area contributed by atoms with Gasteiger partial charge >= 0.3 is 0 Å². The fraction of sp³-hybridized carbons (Fsp3) is 1.00. The lowest BCUT2D eigenvalue weighted by atomic mass is 10.2. The highest BCUT2D eigenvalue weighted by Gasteiger charge is 2.23. The molecule has 0 aromatic carbocycles. The van der Waals surface area contributed by atoms with E-state index >= 15 is 0 Å². The SMILES string of the molecule is OCCCCC(S)C(S)(S)S. The largest absolute Gasteiger partial charge is 0.396 e. The maximum Gasteiger partial charge on any atom is 0.110 e. The molecule has 0 bridgehead atoms. The van der Waals surface area contributed by atoms with Gasteiger partial charge in [0.25, 0.3) is 0 Å². The topological polar surface area (TPSA) is 20.2 Å². The van der Waals surface area contributed by atoms with Gasteiger partial charge in [0.1, 0.15) is 3.41 Å². The Morgan fingerprint density at radius 3 is 2.09 bits per heavy atom. The maximum absolute atomic E-state index is 8.50. The van der Waals surface area contributed by atoms with Gasteiger partial charge in [-0.15, -0.1) is 0 Å². The van der Waals surface area contributed by atoms with Gasteiger partial charge in [-0.1, -0.05) is 0 Å². The van der Waals surface area contributed by atoms with Crippen LogP contribution in [-0.4, -0.2) is 20.4 Å². The molecule has 1 nitrogen and oxygen atoms in total. The summed E-state index contributed by atoms with van der Waals surface area (Å²) in [5.41, 5.74) is 0. The third-order valence-electron chi connectivity index (χ3n) is 1.33. The minimum atomic E-state index is -0.626. The molecule has 1 unspecified atom stereocenters. The average Bonchev–Trinajstić information content (AvgIpc) is 1.86. The molecular weight excluding hydrogens is 216 g/mol. The first-order chi connectivity index (χ1) is 4.98. The Labute approximate surface area is 90.0 Å². The first kappa shape index (κ1) is 12.4. The molecule has 0 aromatic heterocycles. The van der Waals surface area contributed by atoms with Gasteiger partial charge in [0.15, 0.2) is 0 Å². The van der Waals surface area contributed by atoms with E-state index in [1.54, 1.807) is 0 Å². The van der Waals surface area contributed by atoms with Crippen LogP contribution in [0.15, 0.2) is 0 Å². The van der Waals surface area contributed by atoms with Gasteiger partial charge in [-0.2, -0.15) is 50.5 Å². The minimum absolute atomic E-state index is 0.0454. The molecule has 0 spiro atoms. The number of unbranched alkanes of at least 4 members (excludes halogenated alkanes) is 1. The molecular formula is C6H14OS4. The molecule has 0 rings (SSSR count). The normalized spacial score (nSPS) is 15.0. The van der Waals surface area contributed by atoms with Crippen LogP contribution >= 0.6 is 50.5 Å². The summed E-state index contributed by atoms with van der Waals surface area (Å²) in [4.78, 5) is 0. The predicted octanol–water partition coefficient (Wildman–Crippen LogP) is 1.89. The monoisotopic (exact) mass is 230 g/mol. The summed E-state index contributed by atoms with van der Waals surface area (Å²) in [6.45, 7) is 0.235. The van der Waals surface area contributed by atoms with Gasteiger partial charge in [-0.3, -0.25) is 0 Å². The Hall–Kier alpha value is 1.36. The van der Waals surface area contributed by atoms with Crippen molar-refractivity contribution in [3.8, 4) is 0 Å². The smallest absolute Gasteiger partial charge is 0.110 e. The molecule has 0 saturated carbocycles. The van der Waals surface area contributed by atoms with Gasteiger partial charge in [-0.25, -0.2) is 0 Å². The van der Waals surface area contributed by atoms with Crippen molar-refractivity contribution in [2.75, 3.05) is 6.61 Å². The molecule has 0 radical (unpaired) electrons. The van der Waals surface area contributed by atoms with E-state index in [0.29, 0.717) is 0 Å². The van der Waals surface area contributed by atoms with Crippen molar-refractivity contribution in [2.24, 2.45) is 0 Å². The van der Waals surface area contributed by atoms with Crippen LogP contribution in [0.25, 0.3) is 0 Å². The van der Waals surface area contributed by atoms with Crippen LogP contribution in [0.1, 0.15) is 19.3 Å². The van der Waals surface area contributed by atoms with Gasteiger partial charge in [0.2, 0.25) is 0 Å². The van der Waals surface area contributed by atoms with Crippen LogP contribution in [-0.2, 0) is 0 Å². The molecule has 0 aliphatic rings. The fourth-order valence-corrected chi connectivity index (χ4v) is 1.21. The first-order valence-corrected chi connectivity index (χ1v) is 5.30. The van der Waals surface area contributed by atoms with Crippen LogP contribution in [0.5, 0.6) is 0 Å². The summed E-state index contributed by atoms with van der Waals surface area (Å²) in [6.07, 6.45) is 2.62. The van der Waals surface area contributed by atoms with Crippen molar-refractivity contribution in [1.29, 1.82) is 0 Å². The molecule has 1 N–H and O–H groups in total. The minimum Gasteiger partial charge on any atom is -0.396 e. The van der Waals surface area contributed by atoms with Crippen LogP contribution in [0.2, 0.25) is 0 Å². The van der Waals surface area contributed by atoms with E-state index in [2.05, 4.69) is 50.5 Å². The summed E-state index contributed by atoms with van der Waals surface area (Å²) in [5.74, 6) is 0. The van der Waals surface area contributed by atoms with E-state index in [4.69, 9.17) is 5.11 Å². The molecule has 0 aliphatic heterocycles. The Morgan fingerprint density at radius 1 is 1.18 bits per heavy atom. The lowest BCUT2D eigenvalue weighted by molar-refractivity contribution is 0.283. The predicted molar refractivity (Wildman–Crippen MR) is 63.4 cm³/mol. The van der Waals surface area contributed by atoms with Gasteiger partial charge in [-0.05, 0) is 19.3 Å². The van der Waals surface area contributed by atoms with Crippen LogP contribution in [0.3, 0.4) is 0 Å². The molecule has 0 amide bonds. The number of hydrogen-bond donors (Lipinski definition) is 5. The third-order valence-corrected chi connectivity index (χ3v) is 3.52. The molecule has 0 aromatic rings. The Bertz CT molecular complexity index is 101. The number of thiol groups is 4. The number of aliphatic hydroxyl groups excluding tert-OH is 1. The van der Waals surface area contributed by atoms with Crippen LogP contribution < -0.4 is 0 Å². The second-order valence-corrected chi connectivity index (χ2v) is 6.22. The molecule has 5 heteroatoms. The lowest BCUT2D eigenvalue weighted by Crippen LogP contribution is -2.19. The zero-order valence-electron chi connectivity index (χ0n) is 6.14. The fourth-order valence-electron chi connectivity index (χ4n) is 0.643. The zero-order chi connectivity index (χ0) is 8.91. The van der Waals surface area contributed by atoms with E-state index in [1.807, 2.05) is 0 Å². The second kappa shape index (κ2) is 5.91. The highest BCUT2D eigenvalue weighted by Crippen LogP contribution is 2.34. The van der Waals surface area contributed by atoms with E-state index < -0.39 is 3.41 Å². The van der Waals surface area contributed by atoms with E-state index in [9.17, 15) is 0 Å². The molecule has 1 atom stereocenters. The lowest BCUT2D eigenvalue weighted by Gasteiger charge is -2.22. The molecule has 0 saturated heterocycles. The summed E-state index contributed by atoms with van der Waals surface area (Å²) < 4.78 is -0.626. The summed E-state index contributed by atoms with van der Waals surface area (Å²) >= 11 is 16.7. The summed E-state index contributed by atoms with van der Waals surface area (Å²) in [5, 5.41) is 8.55. The van der Waals surface area contributed by atoms with Crippen LogP contribution in [0.4, 0.5) is 0 Å². The molecule has 11 heavy (non-hydrogen) atoms. The highest BCUT2D eigenvalue weighted by molar-refractivity contribution is 8.18. The van der Waals surface area contributed by atoms with E-state index in [0.717, 1.165) is 19.3 Å². The van der Waals surface area contributed by atoms with Crippen molar-refractivity contribution in [1.82, 2.24) is 0 Å². The molecule has 0 aliphatic carbocycles.